The van der Waals surface area contributed by atoms with Gasteiger partial charge in [-0.2, -0.15) is 0 Å². The maximum absolute atomic E-state index is 3.42. The van der Waals surface area contributed by atoms with Crippen molar-refractivity contribution < 1.29 is 0 Å². The lowest BCUT2D eigenvalue weighted by Gasteiger charge is -1.95. The topological polar surface area (TPSA) is 15.8 Å². The van der Waals surface area contributed by atoms with Gasteiger partial charge in [0.25, 0.3) is 0 Å². The fourth-order valence-electron chi connectivity index (χ4n) is 2.42. The van der Waals surface area contributed by atoms with Crippen LogP contribution >= 0.6 is 11.3 Å². The number of thiophene rings is 1. The van der Waals surface area contributed by atoms with Crippen molar-refractivity contribution in [3.05, 3.63) is 60.8 Å². The molecule has 0 unspecified atom stereocenters. The average Bonchev–Trinajstić information content (AvgIpc) is 2.98. The van der Waals surface area contributed by atoms with Crippen molar-refractivity contribution in [1.29, 1.82) is 0 Å². The summed E-state index contributed by atoms with van der Waals surface area (Å²) in [5.41, 5.74) is 3.83. The lowest BCUT2D eigenvalue weighted by atomic mass is 10.1. The van der Waals surface area contributed by atoms with Crippen molar-refractivity contribution in [3.63, 3.8) is 0 Å². The van der Waals surface area contributed by atoms with Gasteiger partial charge in [0, 0.05) is 21.8 Å². The van der Waals surface area contributed by atoms with Crippen LogP contribution in [-0.2, 0) is 0 Å². The van der Waals surface area contributed by atoms with E-state index in [4.69, 9.17) is 0 Å². The SMILES string of the molecule is c1ccc(-c2c[nH]c3c2sc2ccccc23)cc1. The molecular formula is C16H11NS. The lowest BCUT2D eigenvalue weighted by Crippen LogP contribution is -1.70. The number of aromatic amines is 1. The normalized spacial score (nSPS) is 11.3. The predicted octanol–water partition coefficient (Wildman–Crippen LogP) is 5.05. The quantitative estimate of drug-likeness (QED) is 0.486. The largest absolute Gasteiger partial charge is 0.359 e. The molecule has 0 aliphatic rings. The third-order valence-electron chi connectivity index (χ3n) is 3.29. The summed E-state index contributed by atoms with van der Waals surface area (Å²) in [5, 5.41) is 1.32. The van der Waals surface area contributed by atoms with E-state index in [-0.39, 0.29) is 0 Å². The highest BCUT2D eigenvalue weighted by Crippen LogP contribution is 2.39. The summed E-state index contributed by atoms with van der Waals surface area (Å²) in [6, 6.07) is 19.1. The maximum atomic E-state index is 3.42. The average molecular weight is 249 g/mol. The Hall–Kier alpha value is -2.06. The van der Waals surface area contributed by atoms with E-state index >= 15 is 0 Å². The maximum Gasteiger partial charge on any atom is 0.0650 e. The van der Waals surface area contributed by atoms with Crippen LogP contribution in [0, 0.1) is 0 Å². The number of H-pyrrole nitrogens is 1. The summed E-state index contributed by atoms with van der Waals surface area (Å²) in [6.07, 6.45) is 2.11. The van der Waals surface area contributed by atoms with Gasteiger partial charge in [0.2, 0.25) is 0 Å². The molecule has 2 aromatic heterocycles. The van der Waals surface area contributed by atoms with Crippen molar-refractivity contribution in [2.24, 2.45) is 0 Å². The Kier molecular flexibility index (Phi) is 2.05. The van der Waals surface area contributed by atoms with E-state index < -0.39 is 0 Å². The molecule has 0 spiro atoms. The molecule has 18 heavy (non-hydrogen) atoms. The van der Waals surface area contributed by atoms with Gasteiger partial charge in [-0.05, 0) is 11.6 Å². The first kappa shape index (κ1) is 9.92. The number of nitrogens with one attached hydrogen (secondary N) is 1. The molecule has 1 N–H and O–H groups in total. The van der Waals surface area contributed by atoms with Crippen LogP contribution < -0.4 is 0 Å². The highest BCUT2D eigenvalue weighted by molar-refractivity contribution is 7.26. The summed E-state index contributed by atoms with van der Waals surface area (Å²) in [7, 11) is 0. The minimum atomic E-state index is 1.26. The second-order valence-electron chi connectivity index (χ2n) is 4.37. The molecule has 0 aliphatic heterocycles. The van der Waals surface area contributed by atoms with E-state index in [1.165, 1.54) is 31.4 Å². The number of aromatic nitrogens is 1. The van der Waals surface area contributed by atoms with Crippen molar-refractivity contribution in [2.75, 3.05) is 0 Å². The van der Waals surface area contributed by atoms with E-state index in [9.17, 15) is 0 Å². The zero-order valence-corrected chi connectivity index (χ0v) is 10.5. The van der Waals surface area contributed by atoms with Gasteiger partial charge in [-0.25, -0.2) is 0 Å². The van der Waals surface area contributed by atoms with Crippen molar-refractivity contribution in [2.45, 2.75) is 0 Å². The summed E-state index contributed by atoms with van der Waals surface area (Å²) in [4.78, 5) is 3.42. The predicted molar refractivity (Wildman–Crippen MR) is 79.1 cm³/mol. The van der Waals surface area contributed by atoms with Gasteiger partial charge in [0.05, 0.1) is 10.2 Å². The lowest BCUT2D eigenvalue weighted by molar-refractivity contribution is 1.49. The van der Waals surface area contributed by atoms with Crippen molar-refractivity contribution in [1.82, 2.24) is 4.98 Å². The van der Waals surface area contributed by atoms with Gasteiger partial charge in [-0.1, -0.05) is 48.5 Å². The molecule has 2 heteroatoms. The van der Waals surface area contributed by atoms with Crippen LogP contribution in [0.5, 0.6) is 0 Å². The number of fused-ring (bicyclic) bond motifs is 3. The van der Waals surface area contributed by atoms with Crippen LogP contribution in [0.15, 0.2) is 60.8 Å². The number of rotatable bonds is 1. The minimum Gasteiger partial charge on any atom is -0.359 e. The molecule has 4 aromatic rings. The molecule has 0 radical (unpaired) electrons. The molecule has 0 atom stereocenters. The minimum absolute atomic E-state index is 1.26. The molecule has 0 bridgehead atoms. The Morgan fingerprint density at radius 2 is 1.61 bits per heavy atom. The first-order valence-electron chi connectivity index (χ1n) is 5.97. The Balaban J connectivity index is 2.08. The molecule has 2 aromatic carbocycles. The Bertz CT molecular complexity index is 824. The molecule has 86 valence electrons. The van der Waals surface area contributed by atoms with E-state index in [1.54, 1.807) is 0 Å². The fourth-order valence-corrected chi connectivity index (χ4v) is 3.62. The molecule has 0 amide bonds. The molecule has 0 aliphatic carbocycles. The summed E-state index contributed by atoms with van der Waals surface area (Å²) < 4.78 is 2.69. The van der Waals surface area contributed by atoms with E-state index in [1.807, 2.05) is 11.3 Å². The van der Waals surface area contributed by atoms with Crippen LogP contribution in [0.1, 0.15) is 0 Å². The first-order chi connectivity index (χ1) is 8.93. The Morgan fingerprint density at radius 1 is 0.833 bits per heavy atom. The zero-order valence-electron chi connectivity index (χ0n) is 9.68. The number of hydrogen-bond donors (Lipinski definition) is 1. The Labute approximate surface area is 109 Å². The third-order valence-corrected chi connectivity index (χ3v) is 4.49. The number of hydrogen-bond acceptors (Lipinski definition) is 1. The van der Waals surface area contributed by atoms with Gasteiger partial charge in [0.1, 0.15) is 0 Å². The van der Waals surface area contributed by atoms with Crippen LogP contribution in [-0.4, -0.2) is 4.98 Å². The summed E-state index contributed by atoms with van der Waals surface area (Å²) in [5.74, 6) is 0. The van der Waals surface area contributed by atoms with E-state index in [0.29, 0.717) is 0 Å². The highest BCUT2D eigenvalue weighted by atomic mass is 32.1. The van der Waals surface area contributed by atoms with Gasteiger partial charge >= 0.3 is 0 Å². The molecule has 4 rings (SSSR count). The fraction of sp³-hybridized carbons (Fsp3) is 0. The van der Waals surface area contributed by atoms with E-state index in [2.05, 4.69) is 65.8 Å². The second-order valence-corrected chi connectivity index (χ2v) is 5.42. The second kappa shape index (κ2) is 3.72. The van der Waals surface area contributed by atoms with Crippen LogP contribution in [0.25, 0.3) is 31.4 Å². The molecular weight excluding hydrogens is 238 g/mol. The van der Waals surface area contributed by atoms with Gasteiger partial charge in [-0.15, -0.1) is 11.3 Å². The molecule has 1 nitrogen and oxygen atoms in total. The highest BCUT2D eigenvalue weighted by Gasteiger charge is 2.11. The van der Waals surface area contributed by atoms with Crippen LogP contribution in [0.2, 0.25) is 0 Å². The zero-order chi connectivity index (χ0) is 11.9. The van der Waals surface area contributed by atoms with Gasteiger partial charge in [0.15, 0.2) is 0 Å². The molecule has 0 saturated heterocycles. The summed E-state index contributed by atoms with van der Waals surface area (Å²) in [6.45, 7) is 0. The third kappa shape index (κ3) is 1.33. The van der Waals surface area contributed by atoms with Crippen LogP contribution in [0.4, 0.5) is 0 Å². The summed E-state index contributed by atoms with van der Waals surface area (Å²) >= 11 is 1.86. The van der Waals surface area contributed by atoms with Gasteiger partial charge < -0.3 is 4.98 Å². The van der Waals surface area contributed by atoms with Crippen molar-refractivity contribution in [3.8, 4) is 11.1 Å². The number of benzene rings is 2. The van der Waals surface area contributed by atoms with Crippen LogP contribution in [0.3, 0.4) is 0 Å². The van der Waals surface area contributed by atoms with E-state index in [0.717, 1.165) is 0 Å². The smallest absolute Gasteiger partial charge is 0.0650 e. The molecule has 0 fully saturated rings. The molecule has 2 heterocycles. The molecule has 0 saturated carbocycles. The monoisotopic (exact) mass is 249 g/mol. The Morgan fingerprint density at radius 3 is 2.50 bits per heavy atom. The van der Waals surface area contributed by atoms with Crippen molar-refractivity contribution >= 4 is 31.6 Å². The van der Waals surface area contributed by atoms with Gasteiger partial charge in [-0.3, -0.25) is 0 Å². The first-order valence-corrected chi connectivity index (χ1v) is 6.79. The standard InChI is InChI=1S/C16H11NS/c1-2-6-11(7-3-1)13-10-17-15-12-8-4-5-9-14(12)18-16(13)15/h1-10,17H.